The summed E-state index contributed by atoms with van der Waals surface area (Å²) in [6, 6.07) is 0. The van der Waals surface area contributed by atoms with Gasteiger partial charge in [-0.2, -0.15) is 0 Å². The molecule has 0 atom stereocenters. The molecule has 0 aromatic carbocycles. The molecular weight excluding hydrogens is 112 g/mol. The van der Waals surface area contributed by atoms with Gasteiger partial charge in [-0.25, -0.2) is 0 Å². The van der Waals surface area contributed by atoms with Gasteiger partial charge in [-0.3, -0.25) is 0 Å². The third kappa shape index (κ3) is 2.95. The van der Waals surface area contributed by atoms with E-state index in [9.17, 15) is 10.3 Å². The van der Waals surface area contributed by atoms with Crippen molar-refractivity contribution < 1.29 is 15.2 Å². The van der Waals surface area contributed by atoms with Crippen molar-refractivity contribution in [3.05, 3.63) is 17.2 Å². The van der Waals surface area contributed by atoms with Gasteiger partial charge in [0.1, 0.15) is 0 Å². The minimum absolute atomic E-state index is 0.220. The predicted octanol–water partition coefficient (Wildman–Crippen LogP) is -0.440. The average Bonchev–Trinajstić information content (AvgIpc) is 1.65. The van der Waals surface area contributed by atoms with Gasteiger partial charge in [0.25, 0.3) is 0 Å². The lowest BCUT2D eigenvalue weighted by Crippen LogP contribution is -2.01. The molecule has 5 nitrogen and oxygen atoms in total. The van der Waals surface area contributed by atoms with Crippen molar-refractivity contribution in [2.24, 2.45) is 5.28 Å². The van der Waals surface area contributed by atoms with Crippen LogP contribution in [0, 0.1) is 5.21 Å². The van der Waals surface area contributed by atoms with E-state index in [2.05, 4.69) is 5.28 Å². The Hall–Kier alpha value is -1.26. The summed E-state index contributed by atoms with van der Waals surface area (Å²) < 4.78 is 0. The molecule has 0 heterocycles. The molecule has 0 radical (unpaired) electrons. The lowest BCUT2D eigenvalue weighted by Gasteiger charge is -1.97. The minimum atomic E-state index is -0.460. The normalized spacial score (nSPS) is 14.1. The Kier molecular flexibility index (Phi) is 2.39. The summed E-state index contributed by atoms with van der Waals surface area (Å²) in [6.07, 6.45) is 0.611. The van der Waals surface area contributed by atoms with Crippen LogP contribution in [0.4, 0.5) is 0 Å². The molecule has 0 amide bonds. The first kappa shape index (κ1) is 6.74. The molecular formula is C3H5N2O3-. The number of nitrogens with zero attached hydrogens (tertiary/aromatic N) is 2. The second kappa shape index (κ2) is 2.84. The Bertz CT molecular complexity index is 124. The van der Waals surface area contributed by atoms with Gasteiger partial charge < -0.3 is 15.5 Å². The highest BCUT2D eigenvalue weighted by Gasteiger charge is 1.79. The largest absolute Gasteiger partial charge is 0.872 e. The number of hydroxylamine groups is 1. The number of allylic oxidation sites excluding steroid dienone is 1. The molecule has 0 aromatic rings. The van der Waals surface area contributed by atoms with E-state index in [4.69, 9.17) is 5.21 Å². The number of hydrogen-bond acceptors (Lipinski definition) is 3. The zero-order valence-electron chi connectivity index (χ0n) is 4.24. The standard InChI is InChI=1S/C3H6N2O3/c1-3(6)2-5(8)4-7/h2,6-7H,1H3/p-1/b3-2-,5-4-. The van der Waals surface area contributed by atoms with Crippen molar-refractivity contribution in [1.29, 1.82) is 0 Å². The van der Waals surface area contributed by atoms with Gasteiger partial charge in [0.15, 0.2) is 0 Å². The van der Waals surface area contributed by atoms with Crippen LogP contribution in [0.5, 0.6) is 0 Å². The average molecular weight is 117 g/mol. The van der Waals surface area contributed by atoms with Crippen LogP contribution in [0.2, 0.25) is 0 Å². The van der Waals surface area contributed by atoms with Crippen LogP contribution in [0.3, 0.4) is 0 Å². The molecule has 0 aliphatic heterocycles. The zero-order valence-corrected chi connectivity index (χ0v) is 4.24. The van der Waals surface area contributed by atoms with Gasteiger partial charge in [-0.1, -0.05) is 5.76 Å². The van der Waals surface area contributed by atoms with E-state index in [0.29, 0.717) is 6.20 Å². The molecule has 8 heavy (non-hydrogen) atoms. The summed E-state index contributed by atoms with van der Waals surface area (Å²) in [6.45, 7) is 1.18. The maximum absolute atomic E-state index is 9.94. The van der Waals surface area contributed by atoms with Crippen molar-refractivity contribution in [1.82, 2.24) is 0 Å². The zero-order chi connectivity index (χ0) is 6.57. The van der Waals surface area contributed by atoms with Crippen LogP contribution >= 0.6 is 0 Å². The molecule has 0 aliphatic rings. The van der Waals surface area contributed by atoms with Crippen molar-refractivity contribution in [3.8, 4) is 0 Å². The summed E-state index contributed by atoms with van der Waals surface area (Å²) in [5.74, 6) is -0.460. The fourth-order valence-electron chi connectivity index (χ4n) is 0.181. The molecule has 1 N–H and O–H groups in total. The quantitative estimate of drug-likeness (QED) is 0.219. The van der Waals surface area contributed by atoms with Crippen LogP contribution < -0.4 is 5.11 Å². The molecule has 0 saturated heterocycles. The fourth-order valence-corrected chi connectivity index (χ4v) is 0.181. The minimum Gasteiger partial charge on any atom is -0.872 e. The molecule has 0 aromatic heterocycles. The molecule has 5 heteroatoms. The number of rotatable bonds is 1. The second-order valence-electron chi connectivity index (χ2n) is 1.13. The predicted molar refractivity (Wildman–Crippen MR) is 21.6 cm³/mol. The SMILES string of the molecule is C/C([O-])=C/[N+]([O-])=N/O. The van der Waals surface area contributed by atoms with Gasteiger partial charge in [0.2, 0.25) is 11.5 Å². The molecule has 0 bridgehead atoms. The van der Waals surface area contributed by atoms with E-state index in [1.165, 1.54) is 6.92 Å². The van der Waals surface area contributed by atoms with Gasteiger partial charge in [0.05, 0.1) is 0 Å². The molecule has 0 saturated carbocycles. The first-order chi connectivity index (χ1) is 3.66. The maximum Gasteiger partial charge on any atom is 0.203 e. The first-order valence-electron chi connectivity index (χ1n) is 1.83. The van der Waals surface area contributed by atoms with Crippen LogP contribution in [0.1, 0.15) is 6.92 Å². The highest BCUT2D eigenvalue weighted by Crippen LogP contribution is 1.79. The summed E-state index contributed by atoms with van der Waals surface area (Å²) in [5, 5.41) is 29.6. The van der Waals surface area contributed by atoms with E-state index >= 15 is 0 Å². The highest BCUT2D eigenvalue weighted by atomic mass is 16.6. The van der Waals surface area contributed by atoms with Gasteiger partial charge >= 0.3 is 0 Å². The van der Waals surface area contributed by atoms with Crippen molar-refractivity contribution in [3.63, 3.8) is 0 Å². The summed E-state index contributed by atoms with van der Waals surface area (Å²) in [5.41, 5.74) is 0. The second-order valence-corrected chi connectivity index (χ2v) is 1.13. The van der Waals surface area contributed by atoms with Crippen molar-refractivity contribution in [2.75, 3.05) is 0 Å². The first-order valence-corrected chi connectivity index (χ1v) is 1.83. The number of hydrogen-bond donors (Lipinski definition) is 1. The van der Waals surface area contributed by atoms with Crippen molar-refractivity contribution in [2.45, 2.75) is 6.92 Å². The fraction of sp³-hybridized carbons (Fsp3) is 0.333. The third-order valence-electron chi connectivity index (χ3n) is 0.380. The topological polar surface area (TPSA) is 81.7 Å². The molecule has 0 spiro atoms. The summed E-state index contributed by atoms with van der Waals surface area (Å²) in [4.78, 5) is -0.220. The van der Waals surface area contributed by atoms with E-state index in [1.807, 2.05) is 0 Å². The van der Waals surface area contributed by atoms with Gasteiger partial charge in [-0.15, -0.1) is 0 Å². The Labute approximate surface area is 45.7 Å². The Morgan fingerprint density at radius 3 is 2.50 bits per heavy atom. The van der Waals surface area contributed by atoms with Crippen LogP contribution in [0.25, 0.3) is 0 Å². The molecule has 0 rings (SSSR count). The van der Waals surface area contributed by atoms with Gasteiger partial charge in [-0.05, 0) is 11.8 Å². The summed E-state index contributed by atoms with van der Waals surface area (Å²) in [7, 11) is 0. The Balaban J connectivity index is 3.89. The molecule has 0 aliphatic carbocycles. The smallest absolute Gasteiger partial charge is 0.203 e. The van der Waals surface area contributed by atoms with E-state index < -0.39 is 5.76 Å². The van der Waals surface area contributed by atoms with Gasteiger partial charge in [0, 0.05) is 0 Å². The maximum atomic E-state index is 9.94. The Morgan fingerprint density at radius 1 is 1.88 bits per heavy atom. The third-order valence-corrected chi connectivity index (χ3v) is 0.380. The highest BCUT2D eigenvalue weighted by molar-refractivity contribution is 4.72. The van der Waals surface area contributed by atoms with E-state index in [1.54, 1.807) is 0 Å². The monoisotopic (exact) mass is 117 g/mol. The Morgan fingerprint density at radius 2 is 2.38 bits per heavy atom. The summed E-state index contributed by atoms with van der Waals surface area (Å²) >= 11 is 0. The lowest BCUT2D eigenvalue weighted by molar-refractivity contribution is -0.498. The van der Waals surface area contributed by atoms with E-state index in [-0.39, 0.29) is 4.86 Å². The van der Waals surface area contributed by atoms with Crippen LogP contribution in [-0.4, -0.2) is 10.1 Å². The molecule has 0 fully saturated rings. The molecule has 46 valence electrons. The molecule has 0 unspecified atom stereocenters. The lowest BCUT2D eigenvalue weighted by atomic mass is 10.6. The van der Waals surface area contributed by atoms with Crippen molar-refractivity contribution >= 4 is 0 Å². The van der Waals surface area contributed by atoms with Crippen LogP contribution in [0.15, 0.2) is 17.2 Å². The van der Waals surface area contributed by atoms with Crippen LogP contribution in [-0.2, 0) is 0 Å². The van der Waals surface area contributed by atoms with E-state index in [0.717, 1.165) is 0 Å².